The van der Waals surface area contributed by atoms with Crippen LogP contribution in [0.5, 0.6) is 11.5 Å². The molecule has 8 nitrogen and oxygen atoms in total. The normalized spacial score (nSPS) is 19.9. The fraction of sp³-hybridized carbons (Fsp3) is 0.625. The first-order valence-electron chi connectivity index (χ1n) is 8.23. The Morgan fingerprint density at radius 1 is 1.20 bits per heavy atom. The van der Waals surface area contributed by atoms with Crippen molar-refractivity contribution in [3.8, 4) is 11.5 Å². The van der Waals surface area contributed by atoms with Gasteiger partial charge in [-0.3, -0.25) is 4.90 Å². The lowest BCUT2D eigenvalue weighted by atomic mass is 10.2. The highest BCUT2D eigenvalue weighted by Crippen LogP contribution is 2.32. The molecule has 0 aromatic heterocycles. The van der Waals surface area contributed by atoms with Gasteiger partial charge < -0.3 is 19.3 Å². The molecule has 25 heavy (non-hydrogen) atoms. The average Bonchev–Trinajstić information content (AvgIpc) is 3.02. The van der Waals surface area contributed by atoms with E-state index in [-0.39, 0.29) is 13.4 Å². The van der Waals surface area contributed by atoms with Gasteiger partial charge in [0.05, 0.1) is 25.6 Å². The van der Waals surface area contributed by atoms with Crippen molar-refractivity contribution >= 4 is 10.0 Å². The van der Waals surface area contributed by atoms with Crippen LogP contribution in [0.4, 0.5) is 0 Å². The van der Waals surface area contributed by atoms with Gasteiger partial charge in [0.25, 0.3) is 0 Å². The van der Waals surface area contributed by atoms with Crippen LogP contribution in [0.1, 0.15) is 5.56 Å². The largest absolute Gasteiger partial charge is 0.454 e. The smallest absolute Gasteiger partial charge is 0.231 e. The molecule has 1 aromatic carbocycles. The van der Waals surface area contributed by atoms with Crippen LogP contribution in [0.25, 0.3) is 0 Å². The maximum atomic E-state index is 11.5. The number of aliphatic hydroxyl groups excluding tert-OH is 1. The van der Waals surface area contributed by atoms with Crippen molar-refractivity contribution < 1.29 is 27.7 Å². The number of rotatable bonds is 7. The summed E-state index contributed by atoms with van der Waals surface area (Å²) in [6.45, 7) is 3.48. The second-order valence-corrected chi connectivity index (χ2v) is 8.30. The van der Waals surface area contributed by atoms with E-state index in [1.165, 1.54) is 10.6 Å². The van der Waals surface area contributed by atoms with E-state index in [0.29, 0.717) is 45.1 Å². The van der Waals surface area contributed by atoms with E-state index in [1.807, 2.05) is 18.2 Å². The SMILES string of the molecule is CS(=O)(=O)N1CCN(C[C@@H](O)COCc2ccc3c(c2)OCO3)CC1. The van der Waals surface area contributed by atoms with Gasteiger partial charge in [-0.15, -0.1) is 0 Å². The summed E-state index contributed by atoms with van der Waals surface area (Å²) in [6.07, 6.45) is 0.611. The Morgan fingerprint density at radius 2 is 1.92 bits per heavy atom. The van der Waals surface area contributed by atoms with E-state index < -0.39 is 16.1 Å². The highest BCUT2D eigenvalue weighted by molar-refractivity contribution is 7.88. The standard InChI is InChI=1S/C16H24N2O6S/c1-25(20,21)18-6-4-17(5-7-18)9-14(19)11-22-10-13-2-3-15-16(8-13)24-12-23-15/h2-3,8,14,19H,4-7,9-12H2,1H3/t14-/m1/s1. The fourth-order valence-electron chi connectivity index (χ4n) is 2.94. The number of hydrogen-bond acceptors (Lipinski definition) is 7. The molecule has 0 spiro atoms. The number of fused-ring (bicyclic) bond motifs is 1. The van der Waals surface area contributed by atoms with Crippen LogP contribution in [0, 0.1) is 0 Å². The predicted octanol–water partition coefficient (Wildman–Crippen LogP) is -0.130. The molecule has 3 rings (SSSR count). The lowest BCUT2D eigenvalue weighted by Crippen LogP contribution is -2.50. The predicted molar refractivity (Wildman–Crippen MR) is 91.1 cm³/mol. The highest BCUT2D eigenvalue weighted by atomic mass is 32.2. The van der Waals surface area contributed by atoms with Gasteiger partial charge in [0, 0.05) is 32.7 Å². The van der Waals surface area contributed by atoms with Crippen LogP contribution >= 0.6 is 0 Å². The molecule has 1 fully saturated rings. The summed E-state index contributed by atoms with van der Waals surface area (Å²) in [5.74, 6) is 1.45. The zero-order valence-electron chi connectivity index (χ0n) is 14.3. The Balaban J connectivity index is 1.37. The Labute approximate surface area is 147 Å². The first-order chi connectivity index (χ1) is 11.9. The Hall–Kier alpha value is -1.39. The van der Waals surface area contributed by atoms with Crippen molar-refractivity contribution in [2.24, 2.45) is 0 Å². The van der Waals surface area contributed by atoms with Gasteiger partial charge in [-0.05, 0) is 17.7 Å². The van der Waals surface area contributed by atoms with Crippen molar-refractivity contribution in [1.29, 1.82) is 0 Å². The monoisotopic (exact) mass is 372 g/mol. The molecule has 140 valence electrons. The molecule has 2 heterocycles. The van der Waals surface area contributed by atoms with E-state index >= 15 is 0 Å². The maximum absolute atomic E-state index is 11.5. The first-order valence-corrected chi connectivity index (χ1v) is 10.1. The molecular weight excluding hydrogens is 348 g/mol. The minimum absolute atomic E-state index is 0.223. The quantitative estimate of drug-likeness (QED) is 0.713. The van der Waals surface area contributed by atoms with Gasteiger partial charge in [0.2, 0.25) is 16.8 Å². The van der Waals surface area contributed by atoms with Crippen molar-refractivity contribution in [2.45, 2.75) is 12.7 Å². The van der Waals surface area contributed by atoms with Crippen LogP contribution in [0.2, 0.25) is 0 Å². The summed E-state index contributed by atoms with van der Waals surface area (Å²) in [5, 5.41) is 10.1. The molecule has 9 heteroatoms. The Kier molecular flexibility index (Phi) is 5.80. The highest BCUT2D eigenvalue weighted by Gasteiger charge is 2.24. The number of β-amino-alcohol motifs (C(OH)–C–C–N with tert-alkyl or cyclic N) is 1. The zero-order chi connectivity index (χ0) is 17.9. The number of hydrogen-bond donors (Lipinski definition) is 1. The van der Waals surface area contributed by atoms with Gasteiger partial charge in [-0.2, -0.15) is 4.31 Å². The number of ether oxygens (including phenoxy) is 3. The Morgan fingerprint density at radius 3 is 2.64 bits per heavy atom. The molecule has 2 aliphatic heterocycles. The molecule has 1 N–H and O–H groups in total. The Bertz CT molecular complexity index is 688. The lowest BCUT2D eigenvalue weighted by molar-refractivity contribution is 0.00539. The molecule has 0 saturated carbocycles. The van der Waals surface area contributed by atoms with Crippen LogP contribution in [-0.4, -0.2) is 81.2 Å². The molecule has 0 amide bonds. The van der Waals surface area contributed by atoms with Crippen molar-refractivity contribution in [1.82, 2.24) is 9.21 Å². The molecular formula is C16H24N2O6S. The summed E-state index contributed by atoms with van der Waals surface area (Å²) in [4.78, 5) is 2.05. The summed E-state index contributed by atoms with van der Waals surface area (Å²) in [7, 11) is -3.13. The van der Waals surface area contributed by atoms with E-state index in [2.05, 4.69) is 4.90 Å². The average molecular weight is 372 g/mol. The van der Waals surface area contributed by atoms with E-state index in [1.54, 1.807) is 0 Å². The third kappa shape index (κ3) is 5.05. The fourth-order valence-corrected chi connectivity index (χ4v) is 3.76. The van der Waals surface area contributed by atoms with Gasteiger partial charge in [-0.25, -0.2) is 8.42 Å². The first kappa shape index (κ1) is 18.4. The lowest BCUT2D eigenvalue weighted by Gasteiger charge is -2.34. The topological polar surface area (TPSA) is 88.5 Å². The number of benzene rings is 1. The summed E-state index contributed by atoms with van der Waals surface area (Å²) >= 11 is 0. The minimum atomic E-state index is -3.13. The van der Waals surface area contributed by atoms with Gasteiger partial charge in [-0.1, -0.05) is 6.07 Å². The van der Waals surface area contributed by atoms with E-state index in [9.17, 15) is 13.5 Å². The van der Waals surface area contributed by atoms with Crippen LogP contribution in [0.15, 0.2) is 18.2 Å². The van der Waals surface area contributed by atoms with Crippen LogP contribution in [0.3, 0.4) is 0 Å². The minimum Gasteiger partial charge on any atom is -0.454 e. The molecule has 0 bridgehead atoms. The molecule has 2 aliphatic rings. The number of aliphatic hydroxyl groups is 1. The van der Waals surface area contributed by atoms with Gasteiger partial charge in [0.1, 0.15) is 0 Å². The molecule has 0 aliphatic carbocycles. The van der Waals surface area contributed by atoms with Gasteiger partial charge >= 0.3 is 0 Å². The molecule has 1 atom stereocenters. The third-order valence-corrected chi connectivity index (χ3v) is 5.59. The second kappa shape index (κ2) is 7.88. The number of piperazine rings is 1. The van der Waals surface area contributed by atoms with Crippen molar-refractivity contribution in [3.63, 3.8) is 0 Å². The molecule has 1 aromatic rings. The van der Waals surface area contributed by atoms with Crippen molar-refractivity contribution in [3.05, 3.63) is 23.8 Å². The maximum Gasteiger partial charge on any atom is 0.231 e. The molecule has 1 saturated heterocycles. The third-order valence-electron chi connectivity index (χ3n) is 4.29. The number of nitrogens with zero attached hydrogens (tertiary/aromatic N) is 2. The second-order valence-electron chi connectivity index (χ2n) is 6.32. The summed E-state index contributed by atoms with van der Waals surface area (Å²) in [5.41, 5.74) is 0.957. The van der Waals surface area contributed by atoms with Crippen LogP contribution in [-0.2, 0) is 21.4 Å². The van der Waals surface area contributed by atoms with E-state index in [4.69, 9.17) is 14.2 Å². The van der Waals surface area contributed by atoms with Crippen LogP contribution < -0.4 is 9.47 Å². The summed E-state index contributed by atoms with van der Waals surface area (Å²) < 4.78 is 40.6. The van der Waals surface area contributed by atoms with E-state index in [0.717, 1.165) is 11.3 Å². The number of sulfonamides is 1. The summed E-state index contributed by atoms with van der Waals surface area (Å²) in [6, 6.07) is 5.63. The zero-order valence-corrected chi connectivity index (χ0v) is 15.1. The molecule has 0 unspecified atom stereocenters. The molecule has 0 radical (unpaired) electrons. The van der Waals surface area contributed by atoms with Crippen molar-refractivity contribution in [2.75, 3.05) is 52.4 Å². The van der Waals surface area contributed by atoms with Gasteiger partial charge in [0.15, 0.2) is 11.5 Å².